The molecule has 2 rings (SSSR count). The summed E-state index contributed by atoms with van der Waals surface area (Å²) >= 11 is 0. The van der Waals surface area contributed by atoms with Crippen LogP contribution >= 0.6 is 0 Å². The van der Waals surface area contributed by atoms with Gasteiger partial charge in [0.25, 0.3) is 0 Å². The third-order valence-electron chi connectivity index (χ3n) is 3.72. The van der Waals surface area contributed by atoms with Gasteiger partial charge < -0.3 is 10.1 Å². The molecule has 2 N–H and O–H groups in total. The van der Waals surface area contributed by atoms with Crippen LogP contribution in [0, 0.1) is 0 Å². The molecule has 0 aromatic heterocycles. The van der Waals surface area contributed by atoms with E-state index < -0.39 is 26.4 Å². The van der Waals surface area contributed by atoms with E-state index in [2.05, 4.69) is 13.7 Å². The number of hydrogen-bond donors (Lipinski definition) is 2. The fourth-order valence-corrected chi connectivity index (χ4v) is 3.19. The number of hydrogen-bond acceptors (Lipinski definition) is 9. The van der Waals surface area contributed by atoms with E-state index in [0.29, 0.717) is 26.0 Å². The van der Waals surface area contributed by atoms with Gasteiger partial charge in [0.15, 0.2) is 0 Å². The first-order valence-corrected chi connectivity index (χ1v) is 10.6. The van der Waals surface area contributed by atoms with Crippen LogP contribution in [0.1, 0.15) is 18.4 Å². The minimum Gasteiger partial charge on any atom is -0.373 e. The van der Waals surface area contributed by atoms with Crippen LogP contribution in [0.2, 0.25) is 0 Å². The SMILES string of the molecule is CNCC1(OS(=O)(=O)OC)CC(OCc2ccccc2)C1.COS(=O)(=O)O. The third-order valence-corrected chi connectivity index (χ3v) is 5.11. The smallest absolute Gasteiger partial charge is 0.373 e. The lowest BCUT2D eigenvalue weighted by Gasteiger charge is -2.45. The molecule has 1 fully saturated rings. The number of benzene rings is 1. The monoisotopic (exact) mass is 427 g/mol. The molecule has 0 bridgehead atoms. The van der Waals surface area contributed by atoms with E-state index in [1.54, 1.807) is 7.05 Å². The van der Waals surface area contributed by atoms with Crippen LogP contribution < -0.4 is 5.32 Å². The Labute approximate surface area is 160 Å². The molecule has 27 heavy (non-hydrogen) atoms. The second-order valence-corrected chi connectivity index (χ2v) is 8.30. The summed E-state index contributed by atoms with van der Waals surface area (Å²) in [6, 6.07) is 9.85. The van der Waals surface area contributed by atoms with Crippen LogP contribution in [0.15, 0.2) is 30.3 Å². The maximum Gasteiger partial charge on any atom is 0.400 e. The molecule has 0 radical (unpaired) electrons. The lowest BCUT2D eigenvalue weighted by atomic mass is 9.77. The normalized spacial score (nSPS) is 22.4. The molecule has 0 aliphatic heterocycles. The molecule has 0 spiro atoms. The fourth-order valence-electron chi connectivity index (χ4n) is 2.49. The van der Waals surface area contributed by atoms with Crippen molar-refractivity contribution in [2.24, 2.45) is 0 Å². The molecule has 0 atom stereocenters. The number of rotatable bonds is 9. The zero-order valence-electron chi connectivity index (χ0n) is 15.3. The van der Waals surface area contributed by atoms with Crippen LogP contribution in [-0.4, -0.2) is 60.9 Å². The first-order valence-electron chi connectivity index (χ1n) is 7.89. The van der Waals surface area contributed by atoms with Crippen LogP contribution in [0.3, 0.4) is 0 Å². The summed E-state index contributed by atoms with van der Waals surface area (Å²) in [7, 11) is -4.40. The highest BCUT2D eigenvalue weighted by Gasteiger charge is 2.49. The molecule has 0 heterocycles. The van der Waals surface area contributed by atoms with Gasteiger partial charge in [-0.1, -0.05) is 30.3 Å². The summed E-state index contributed by atoms with van der Waals surface area (Å²) in [6.45, 7) is 0.943. The molecule has 0 saturated heterocycles. The molecule has 0 unspecified atom stereocenters. The van der Waals surface area contributed by atoms with E-state index in [4.69, 9.17) is 13.5 Å². The van der Waals surface area contributed by atoms with E-state index in [1.165, 1.54) is 0 Å². The van der Waals surface area contributed by atoms with Crippen molar-refractivity contribution in [3.05, 3.63) is 35.9 Å². The molecule has 156 valence electrons. The Kier molecular flexibility index (Phi) is 9.24. The molecular formula is C15H25NO9S2. The topological polar surface area (TPSA) is 137 Å². The minimum atomic E-state index is -4.16. The lowest BCUT2D eigenvalue weighted by molar-refractivity contribution is -0.128. The van der Waals surface area contributed by atoms with Gasteiger partial charge in [0.05, 0.1) is 26.9 Å². The predicted molar refractivity (Wildman–Crippen MR) is 96.5 cm³/mol. The van der Waals surface area contributed by atoms with Crippen molar-refractivity contribution in [3.8, 4) is 0 Å². The Morgan fingerprint density at radius 2 is 1.67 bits per heavy atom. The largest absolute Gasteiger partial charge is 0.400 e. The van der Waals surface area contributed by atoms with Gasteiger partial charge in [-0.3, -0.25) is 12.9 Å². The number of likely N-dealkylation sites (N-methyl/N-ethyl adjacent to an activating group) is 1. The standard InChI is InChI=1S/C14H21NO5S.CH4O4S/c1-15-11-14(20-21(16,17)18-2)8-13(9-14)19-10-12-6-4-3-5-7-12;1-5-6(2,3)4/h3-7,13,15H,8-11H2,1-2H3;1H3,(H,2,3,4). The van der Waals surface area contributed by atoms with E-state index in [-0.39, 0.29) is 6.10 Å². The molecule has 1 aliphatic rings. The Balaban J connectivity index is 0.000000527. The van der Waals surface area contributed by atoms with Gasteiger partial charge in [0.2, 0.25) is 0 Å². The van der Waals surface area contributed by atoms with Crippen molar-refractivity contribution in [3.63, 3.8) is 0 Å². The number of ether oxygens (including phenoxy) is 1. The zero-order chi connectivity index (χ0) is 20.6. The summed E-state index contributed by atoms with van der Waals surface area (Å²) in [5.74, 6) is 0. The molecule has 1 aromatic rings. The van der Waals surface area contributed by atoms with E-state index in [9.17, 15) is 16.8 Å². The van der Waals surface area contributed by atoms with Gasteiger partial charge in [-0.2, -0.15) is 16.8 Å². The van der Waals surface area contributed by atoms with Gasteiger partial charge in [-0.15, -0.1) is 0 Å². The highest BCUT2D eigenvalue weighted by Crippen LogP contribution is 2.39. The maximum atomic E-state index is 11.5. The maximum absolute atomic E-state index is 11.5. The quantitative estimate of drug-likeness (QED) is 0.541. The Morgan fingerprint density at radius 1 is 1.11 bits per heavy atom. The van der Waals surface area contributed by atoms with Crippen molar-refractivity contribution in [2.75, 3.05) is 27.8 Å². The minimum absolute atomic E-state index is 0.00869. The zero-order valence-corrected chi connectivity index (χ0v) is 17.0. The molecule has 1 saturated carbocycles. The van der Waals surface area contributed by atoms with Crippen molar-refractivity contribution in [2.45, 2.75) is 31.2 Å². The predicted octanol–water partition coefficient (Wildman–Crippen LogP) is 0.667. The van der Waals surface area contributed by atoms with Crippen molar-refractivity contribution >= 4 is 20.8 Å². The molecule has 1 aliphatic carbocycles. The van der Waals surface area contributed by atoms with Gasteiger partial charge in [-0.05, 0) is 12.6 Å². The summed E-state index contributed by atoms with van der Waals surface area (Å²) in [5.41, 5.74) is 0.319. The third kappa shape index (κ3) is 9.08. The molecule has 12 heteroatoms. The number of nitrogens with one attached hydrogen (secondary N) is 1. The second-order valence-electron chi connectivity index (χ2n) is 5.79. The van der Waals surface area contributed by atoms with Gasteiger partial charge >= 0.3 is 20.8 Å². The lowest BCUT2D eigenvalue weighted by Crippen LogP contribution is -2.56. The highest BCUT2D eigenvalue weighted by atomic mass is 32.3. The van der Waals surface area contributed by atoms with Crippen LogP contribution in [0.4, 0.5) is 0 Å². The fraction of sp³-hybridized carbons (Fsp3) is 0.600. The van der Waals surface area contributed by atoms with Gasteiger partial charge in [-0.25, -0.2) is 4.18 Å². The van der Waals surface area contributed by atoms with Crippen LogP contribution in [0.5, 0.6) is 0 Å². The molecule has 1 aromatic carbocycles. The highest BCUT2D eigenvalue weighted by molar-refractivity contribution is 7.81. The summed E-state index contributed by atoms with van der Waals surface area (Å²) in [6.07, 6.45) is 1.03. The first-order chi connectivity index (χ1) is 12.5. The Bertz CT molecular complexity index is 760. The van der Waals surface area contributed by atoms with E-state index >= 15 is 0 Å². The second kappa shape index (κ2) is 10.4. The summed E-state index contributed by atoms with van der Waals surface area (Å²) in [4.78, 5) is 0. The van der Waals surface area contributed by atoms with E-state index in [1.807, 2.05) is 30.3 Å². The Hall–Kier alpha value is -1.12. The van der Waals surface area contributed by atoms with E-state index in [0.717, 1.165) is 19.8 Å². The van der Waals surface area contributed by atoms with Crippen LogP contribution in [-0.2, 0) is 44.7 Å². The molecule has 0 amide bonds. The van der Waals surface area contributed by atoms with Crippen LogP contribution in [0.25, 0.3) is 0 Å². The van der Waals surface area contributed by atoms with Crippen molar-refractivity contribution in [1.29, 1.82) is 0 Å². The van der Waals surface area contributed by atoms with Crippen molar-refractivity contribution in [1.82, 2.24) is 5.32 Å². The summed E-state index contributed by atoms with van der Waals surface area (Å²) < 4.78 is 67.9. The average molecular weight is 427 g/mol. The Morgan fingerprint density at radius 3 is 2.11 bits per heavy atom. The van der Waals surface area contributed by atoms with Crippen molar-refractivity contribution < 1.29 is 38.7 Å². The van der Waals surface area contributed by atoms with Gasteiger partial charge in [0.1, 0.15) is 5.60 Å². The first kappa shape index (κ1) is 23.9. The molecule has 10 nitrogen and oxygen atoms in total. The van der Waals surface area contributed by atoms with Gasteiger partial charge in [0, 0.05) is 19.4 Å². The molecular weight excluding hydrogens is 402 g/mol. The average Bonchev–Trinajstić information content (AvgIpc) is 2.58. The summed E-state index contributed by atoms with van der Waals surface area (Å²) in [5, 5.41) is 2.95.